The summed E-state index contributed by atoms with van der Waals surface area (Å²) in [6, 6.07) is 36.6. The number of anilines is 3. The van der Waals surface area contributed by atoms with Crippen LogP contribution >= 0.6 is 22.9 Å². The molecule has 0 fully saturated rings. The zero-order valence-electron chi connectivity index (χ0n) is 22.8. The number of carbonyl (C=O) groups is 1. The monoisotopic (exact) mass is 579 g/mol. The molecule has 0 saturated carbocycles. The van der Waals surface area contributed by atoms with Gasteiger partial charge in [-0.05, 0) is 94.4 Å². The second kappa shape index (κ2) is 11.6. The molecular formula is C36H34ClNO2S. The molecule has 1 aliphatic rings. The fraction of sp³-hybridized carbons (Fsp3) is 0.194. The zero-order chi connectivity index (χ0) is 27.9. The minimum absolute atomic E-state index is 0. The highest BCUT2D eigenvalue weighted by atomic mass is 35.5. The van der Waals surface area contributed by atoms with Crippen molar-refractivity contribution < 1.29 is 9.53 Å². The van der Waals surface area contributed by atoms with Crippen LogP contribution in [0, 0.1) is 0 Å². The molecule has 1 heterocycles. The first-order chi connectivity index (χ1) is 19.3. The summed E-state index contributed by atoms with van der Waals surface area (Å²) in [6.07, 6.45) is 1.03. The van der Waals surface area contributed by atoms with E-state index in [9.17, 15) is 4.79 Å². The molecule has 1 aliphatic carbocycles. The van der Waals surface area contributed by atoms with Crippen LogP contribution < -0.4 is 4.90 Å². The van der Waals surface area contributed by atoms with Crippen LogP contribution in [-0.4, -0.2) is 13.1 Å². The van der Waals surface area contributed by atoms with E-state index in [0.717, 1.165) is 27.0 Å². The number of esters is 1. The van der Waals surface area contributed by atoms with Crippen LogP contribution in [0.25, 0.3) is 21.6 Å². The lowest BCUT2D eigenvalue weighted by Crippen LogP contribution is -2.16. The van der Waals surface area contributed by atoms with Gasteiger partial charge in [-0.1, -0.05) is 81.4 Å². The Morgan fingerprint density at radius 3 is 2.10 bits per heavy atom. The predicted molar refractivity (Wildman–Crippen MR) is 174 cm³/mol. The van der Waals surface area contributed by atoms with E-state index in [0.29, 0.717) is 12.8 Å². The lowest BCUT2D eigenvalue weighted by atomic mass is 9.81. The van der Waals surface area contributed by atoms with Crippen molar-refractivity contribution in [1.82, 2.24) is 0 Å². The number of fused-ring (bicyclic) bond motifs is 3. The molecule has 5 aromatic rings. The molecule has 41 heavy (non-hydrogen) atoms. The number of ether oxygens (including phenoxy) is 1. The van der Waals surface area contributed by atoms with Gasteiger partial charge in [-0.3, -0.25) is 4.79 Å². The smallest absolute Gasteiger partial charge is 0.305 e. The van der Waals surface area contributed by atoms with Gasteiger partial charge in [0.1, 0.15) is 0 Å². The summed E-state index contributed by atoms with van der Waals surface area (Å²) < 4.78 is 5.61. The molecule has 0 unspecified atom stereocenters. The van der Waals surface area contributed by atoms with Crippen molar-refractivity contribution in [2.75, 3.05) is 12.0 Å². The van der Waals surface area contributed by atoms with Crippen LogP contribution in [0.4, 0.5) is 17.1 Å². The van der Waals surface area contributed by atoms with Gasteiger partial charge in [-0.25, -0.2) is 0 Å². The Morgan fingerprint density at radius 2 is 1.44 bits per heavy atom. The standard InChI is InChI=1S/C35H30ClNO2S.CH4/c1-35(2)30-21-24(32-18-19-33(36)40-32)12-16-28(30)29-17-15-27(22-31(29)35)37(25-7-5-4-6-8-25)26-13-9-23(10-14-26)11-20-34(38)39-3;/h4-10,12-19,21-22H,11,20H2,1-3H3;1H4. The van der Waals surface area contributed by atoms with Crippen molar-refractivity contribution in [2.24, 2.45) is 0 Å². The number of rotatable bonds is 7. The van der Waals surface area contributed by atoms with E-state index in [4.69, 9.17) is 16.3 Å². The highest BCUT2D eigenvalue weighted by Crippen LogP contribution is 2.51. The third-order valence-corrected chi connectivity index (χ3v) is 9.11. The highest BCUT2D eigenvalue weighted by molar-refractivity contribution is 7.19. The van der Waals surface area contributed by atoms with Gasteiger partial charge >= 0.3 is 5.97 Å². The fourth-order valence-corrected chi connectivity index (χ4v) is 6.71. The molecule has 5 heteroatoms. The molecule has 6 rings (SSSR count). The summed E-state index contributed by atoms with van der Waals surface area (Å²) in [4.78, 5) is 15.1. The van der Waals surface area contributed by atoms with Crippen molar-refractivity contribution in [3.05, 3.63) is 124 Å². The van der Waals surface area contributed by atoms with Crippen molar-refractivity contribution in [1.29, 1.82) is 0 Å². The second-order valence-corrected chi connectivity index (χ2v) is 12.3. The number of benzene rings is 4. The van der Waals surface area contributed by atoms with Crippen LogP contribution in [0.1, 0.15) is 44.4 Å². The number of para-hydroxylation sites is 1. The van der Waals surface area contributed by atoms with Crippen LogP contribution in [-0.2, 0) is 21.4 Å². The molecule has 0 atom stereocenters. The SMILES string of the molecule is C.COC(=O)CCc1ccc(N(c2ccccc2)c2ccc3c(c2)C(C)(C)c2cc(-c4ccc(Cl)s4)ccc2-3)cc1. The van der Waals surface area contributed by atoms with Gasteiger partial charge in [0.2, 0.25) is 0 Å². The molecule has 208 valence electrons. The van der Waals surface area contributed by atoms with Crippen molar-refractivity contribution >= 4 is 46.0 Å². The molecule has 1 aromatic heterocycles. The Balaban J connectivity index is 0.00000337. The Labute approximate surface area is 252 Å². The molecule has 4 aromatic carbocycles. The fourth-order valence-electron chi connectivity index (χ4n) is 5.67. The number of halogens is 1. The molecular weight excluding hydrogens is 546 g/mol. The molecule has 0 N–H and O–H groups in total. The minimum atomic E-state index is -0.192. The zero-order valence-corrected chi connectivity index (χ0v) is 24.4. The lowest BCUT2D eigenvalue weighted by molar-refractivity contribution is -0.140. The van der Waals surface area contributed by atoms with Crippen molar-refractivity contribution in [2.45, 2.75) is 39.5 Å². The Bertz CT molecular complexity index is 1690. The summed E-state index contributed by atoms with van der Waals surface area (Å²) in [5, 5.41) is 0. The molecule has 0 spiro atoms. The van der Waals surface area contributed by atoms with E-state index >= 15 is 0 Å². The largest absolute Gasteiger partial charge is 0.469 e. The summed E-state index contributed by atoms with van der Waals surface area (Å²) in [5.74, 6) is -0.192. The Kier molecular flexibility index (Phi) is 8.08. The third kappa shape index (κ3) is 5.42. The Morgan fingerprint density at radius 1 is 0.805 bits per heavy atom. The van der Waals surface area contributed by atoms with Gasteiger partial charge in [-0.15, -0.1) is 11.3 Å². The molecule has 0 radical (unpaired) electrons. The lowest BCUT2D eigenvalue weighted by Gasteiger charge is -2.28. The number of carbonyl (C=O) groups excluding carboxylic acids is 1. The number of nitrogens with zero attached hydrogens (tertiary/aromatic N) is 1. The number of aryl methyl sites for hydroxylation is 1. The first kappa shape index (κ1) is 28.7. The summed E-state index contributed by atoms with van der Waals surface area (Å²) >= 11 is 7.86. The minimum Gasteiger partial charge on any atom is -0.469 e. The van der Waals surface area contributed by atoms with Crippen LogP contribution in [0.3, 0.4) is 0 Å². The van der Waals surface area contributed by atoms with E-state index in [1.807, 2.05) is 12.1 Å². The van der Waals surface area contributed by atoms with E-state index < -0.39 is 0 Å². The quantitative estimate of drug-likeness (QED) is 0.180. The van der Waals surface area contributed by atoms with Crippen LogP contribution in [0.2, 0.25) is 4.34 Å². The summed E-state index contributed by atoms with van der Waals surface area (Å²) in [5.41, 5.74) is 10.7. The van der Waals surface area contributed by atoms with Gasteiger partial charge in [-0.2, -0.15) is 0 Å². The van der Waals surface area contributed by atoms with E-state index in [2.05, 4.69) is 110 Å². The maximum absolute atomic E-state index is 11.6. The molecule has 0 amide bonds. The van der Waals surface area contributed by atoms with Gasteiger partial charge in [0.05, 0.1) is 11.4 Å². The first-order valence-electron chi connectivity index (χ1n) is 13.4. The number of methoxy groups -OCH3 is 1. The summed E-state index contributed by atoms with van der Waals surface area (Å²) in [7, 11) is 1.43. The van der Waals surface area contributed by atoms with Gasteiger partial charge in [0, 0.05) is 33.8 Å². The predicted octanol–water partition coefficient (Wildman–Crippen LogP) is 10.6. The number of thiophene rings is 1. The molecule has 0 bridgehead atoms. The topological polar surface area (TPSA) is 29.5 Å². The first-order valence-corrected chi connectivity index (χ1v) is 14.6. The maximum atomic E-state index is 11.6. The third-order valence-electron chi connectivity index (χ3n) is 7.83. The van der Waals surface area contributed by atoms with E-state index in [-0.39, 0.29) is 18.8 Å². The summed E-state index contributed by atoms with van der Waals surface area (Å²) in [6.45, 7) is 4.63. The molecule has 3 nitrogen and oxygen atoms in total. The van der Waals surface area contributed by atoms with Gasteiger partial charge < -0.3 is 9.64 Å². The van der Waals surface area contributed by atoms with E-state index in [1.165, 1.54) is 39.8 Å². The second-order valence-electron chi connectivity index (χ2n) is 10.6. The van der Waals surface area contributed by atoms with Crippen LogP contribution in [0.15, 0.2) is 103 Å². The van der Waals surface area contributed by atoms with E-state index in [1.54, 1.807) is 11.3 Å². The number of hydrogen-bond donors (Lipinski definition) is 0. The highest BCUT2D eigenvalue weighted by Gasteiger charge is 2.36. The number of hydrogen-bond acceptors (Lipinski definition) is 4. The molecule has 0 aliphatic heterocycles. The molecule has 0 saturated heterocycles. The van der Waals surface area contributed by atoms with Crippen LogP contribution in [0.5, 0.6) is 0 Å². The van der Waals surface area contributed by atoms with Gasteiger partial charge in [0.15, 0.2) is 0 Å². The van der Waals surface area contributed by atoms with Crippen molar-refractivity contribution in [3.63, 3.8) is 0 Å². The van der Waals surface area contributed by atoms with Crippen molar-refractivity contribution in [3.8, 4) is 21.6 Å². The normalized spacial score (nSPS) is 12.7. The Hall–Kier alpha value is -3.86. The average molecular weight is 580 g/mol. The maximum Gasteiger partial charge on any atom is 0.305 e. The average Bonchev–Trinajstić information content (AvgIpc) is 3.51. The van der Waals surface area contributed by atoms with Gasteiger partial charge in [0.25, 0.3) is 0 Å².